The molecule has 2 N–H and O–H groups in total. The van der Waals surface area contributed by atoms with Gasteiger partial charge in [0.15, 0.2) is 12.4 Å². The van der Waals surface area contributed by atoms with Crippen molar-refractivity contribution in [3.63, 3.8) is 0 Å². The molecule has 37 heavy (non-hydrogen) atoms. The molecule has 2 unspecified atom stereocenters. The number of hydrogen-bond acceptors (Lipinski definition) is 5. The maximum atomic E-state index is 13.0. The van der Waals surface area contributed by atoms with Gasteiger partial charge in [-0.05, 0) is 35.2 Å². The summed E-state index contributed by atoms with van der Waals surface area (Å²) in [6, 6.07) is 30.5. The Bertz CT molecular complexity index is 1280. The van der Waals surface area contributed by atoms with E-state index in [1.807, 2.05) is 91.0 Å². The van der Waals surface area contributed by atoms with E-state index in [2.05, 4.69) is 10.6 Å². The van der Waals surface area contributed by atoms with Crippen molar-refractivity contribution in [2.45, 2.75) is 24.9 Å². The van der Waals surface area contributed by atoms with Crippen LogP contribution in [0.5, 0.6) is 0 Å². The molecule has 1 aromatic heterocycles. The molecule has 0 fully saturated rings. The normalized spacial score (nSPS) is 12.2. The van der Waals surface area contributed by atoms with Crippen molar-refractivity contribution in [2.75, 3.05) is 6.61 Å². The molecule has 0 aliphatic rings. The maximum absolute atomic E-state index is 13.0. The Morgan fingerprint density at radius 1 is 0.703 bits per heavy atom. The number of furan rings is 1. The van der Waals surface area contributed by atoms with Gasteiger partial charge in [0, 0.05) is 6.42 Å². The van der Waals surface area contributed by atoms with Crippen LogP contribution in [-0.2, 0) is 27.2 Å². The molecule has 3 aromatic carbocycles. The summed E-state index contributed by atoms with van der Waals surface area (Å²) in [7, 11) is 0. The van der Waals surface area contributed by atoms with E-state index >= 15 is 0 Å². The van der Waals surface area contributed by atoms with E-state index in [4.69, 9.17) is 9.15 Å². The second-order valence-electron chi connectivity index (χ2n) is 8.52. The molecule has 7 nitrogen and oxygen atoms in total. The molecule has 4 aromatic rings. The van der Waals surface area contributed by atoms with Crippen LogP contribution in [0.25, 0.3) is 0 Å². The molecule has 4 rings (SSSR count). The fourth-order valence-electron chi connectivity index (χ4n) is 3.94. The van der Waals surface area contributed by atoms with Crippen LogP contribution in [-0.4, -0.2) is 30.4 Å². The number of hydrogen-bond donors (Lipinski definition) is 2. The highest BCUT2D eigenvalue weighted by Gasteiger charge is 2.25. The summed E-state index contributed by atoms with van der Waals surface area (Å²) in [5.74, 6) is -1.61. The zero-order valence-electron chi connectivity index (χ0n) is 20.2. The van der Waals surface area contributed by atoms with E-state index in [0.29, 0.717) is 6.42 Å². The number of benzene rings is 3. The van der Waals surface area contributed by atoms with Gasteiger partial charge in [-0.2, -0.15) is 0 Å². The highest BCUT2D eigenvalue weighted by Crippen LogP contribution is 2.18. The predicted octanol–water partition coefficient (Wildman–Crippen LogP) is 4.26. The molecule has 0 saturated heterocycles. The zero-order valence-corrected chi connectivity index (χ0v) is 20.2. The van der Waals surface area contributed by atoms with E-state index in [0.717, 1.165) is 16.7 Å². The fraction of sp³-hybridized carbons (Fsp3) is 0.167. The van der Waals surface area contributed by atoms with Crippen LogP contribution in [0.15, 0.2) is 114 Å². The second kappa shape index (κ2) is 12.9. The van der Waals surface area contributed by atoms with Crippen LogP contribution < -0.4 is 10.6 Å². The number of nitrogens with one attached hydrogen (secondary N) is 2. The molecular formula is C30H28N2O5. The Hall–Kier alpha value is -4.65. The molecule has 0 spiro atoms. The standard InChI is InChI=1S/C30H28N2O5/c33-28(31-25(24-15-8-3-9-16-24)19-22-11-4-1-5-12-22)21-37-30(35)26(20-23-13-6-2-7-14-23)32-29(34)27-17-10-18-36-27/h1-18,25-26H,19-21H2,(H,31,33)(H,32,34). The van der Waals surface area contributed by atoms with E-state index in [9.17, 15) is 14.4 Å². The first-order valence-electron chi connectivity index (χ1n) is 12.0. The number of ether oxygens (including phenoxy) is 1. The average Bonchev–Trinajstić information content (AvgIpc) is 3.48. The summed E-state index contributed by atoms with van der Waals surface area (Å²) >= 11 is 0. The summed E-state index contributed by atoms with van der Waals surface area (Å²) in [5, 5.41) is 5.62. The van der Waals surface area contributed by atoms with Gasteiger partial charge in [-0.15, -0.1) is 0 Å². The number of esters is 1. The largest absolute Gasteiger partial charge is 0.459 e. The SMILES string of the molecule is O=C(COC(=O)C(Cc1ccccc1)NC(=O)c1ccco1)NC(Cc1ccccc1)c1ccccc1. The molecule has 0 radical (unpaired) electrons. The summed E-state index contributed by atoms with van der Waals surface area (Å²) in [4.78, 5) is 38.3. The summed E-state index contributed by atoms with van der Waals surface area (Å²) < 4.78 is 10.5. The predicted molar refractivity (Wildman–Crippen MR) is 139 cm³/mol. The van der Waals surface area contributed by atoms with E-state index in [1.165, 1.54) is 12.3 Å². The van der Waals surface area contributed by atoms with Crippen LogP contribution in [0.3, 0.4) is 0 Å². The third-order valence-corrected chi connectivity index (χ3v) is 5.78. The first kappa shape index (κ1) is 25.4. The number of amides is 2. The Morgan fingerprint density at radius 3 is 1.89 bits per heavy atom. The topological polar surface area (TPSA) is 97.6 Å². The van der Waals surface area contributed by atoms with Gasteiger partial charge >= 0.3 is 5.97 Å². The zero-order chi connectivity index (χ0) is 25.9. The van der Waals surface area contributed by atoms with Gasteiger partial charge in [-0.25, -0.2) is 4.79 Å². The minimum absolute atomic E-state index is 0.0789. The van der Waals surface area contributed by atoms with Crippen molar-refractivity contribution < 1.29 is 23.5 Å². The lowest BCUT2D eigenvalue weighted by Crippen LogP contribution is -2.44. The number of carbonyl (C=O) groups excluding carboxylic acids is 3. The maximum Gasteiger partial charge on any atom is 0.329 e. The van der Waals surface area contributed by atoms with Crippen LogP contribution in [0, 0.1) is 0 Å². The van der Waals surface area contributed by atoms with Gasteiger partial charge in [-0.3, -0.25) is 9.59 Å². The van der Waals surface area contributed by atoms with Gasteiger partial charge in [0.1, 0.15) is 6.04 Å². The van der Waals surface area contributed by atoms with Crippen molar-refractivity contribution in [1.82, 2.24) is 10.6 Å². The van der Waals surface area contributed by atoms with Crippen LogP contribution >= 0.6 is 0 Å². The molecule has 0 aliphatic heterocycles. The minimum atomic E-state index is -0.998. The van der Waals surface area contributed by atoms with E-state index < -0.39 is 30.4 Å². The van der Waals surface area contributed by atoms with E-state index in [-0.39, 0.29) is 18.2 Å². The molecule has 0 bridgehead atoms. The van der Waals surface area contributed by atoms with Crippen LogP contribution in [0.4, 0.5) is 0 Å². The van der Waals surface area contributed by atoms with Gasteiger partial charge < -0.3 is 19.8 Å². The van der Waals surface area contributed by atoms with Crippen LogP contribution in [0.2, 0.25) is 0 Å². The summed E-state index contributed by atoms with van der Waals surface area (Å²) in [5.41, 5.74) is 2.84. The van der Waals surface area contributed by atoms with Crippen molar-refractivity contribution in [3.05, 3.63) is 132 Å². The third kappa shape index (κ3) is 7.67. The Morgan fingerprint density at radius 2 is 1.30 bits per heavy atom. The minimum Gasteiger partial charge on any atom is -0.459 e. The molecule has 188 valence electrons. The Kier molecular flexibility index (Phi) is 8.86. The first-order valence-corrected chi connectivity index (χ1v) is 12.0. The molecule has 7 heteroatoms. The van der Waals surface area contributed by atoms with Crippen molar-refractivity contribution >= 4 is 17.8 Å². The third-order valence-electron chi connectivity index (χ3n) is 5.78. The first-order chi connectivity index (χ1) is 18.1. The van der Waals surface area contributed by atoms with E-state index in [1.54, 1.807) is 6.07 Å². The van der Waals surface area contributed by atoms with Crippen molar-refractivity contribution in [1.29, 1.82) is 0 Å². The quantitative estimate of drug-likeness (QED) is 0.302. The lowest BCUT2D eigenvalue weighted by atomic mass is 9.99. The Labute approximate surface area is 215 Å². The molecule has 1 heterocycles. The van der Waals surface area contributed by atoms with Gasteiger partial charge in [0.05, 0.1) is 12.3 Å². The molecule has 2 amide bonds. The smallest absolute Gasteiger partial charge is 0.329 e. The average molecular weight is 497 g/mol. The monoisotopic (exact) mass is 496 g/mol. The highest BCUT2D eigenvalue weighted by molar-refractivity contribution is 5.94. The summed E-state index contributed by atoms with van der Waals surface area (Å²) in [6.45, 7) is -0.473. The molecule has 2 atom stereocenters. The second-order valence-corrected chi connectivity index (χ2v) is 8.52. The lowest BCUT2D eigenvalue weighted by Gasteiger charge is -2.21. The number of carbonyl (C=O) groups is 3. The Balaban J connectivity index is 1.40. The number of rotatable bonds is 11. The van der Waals surface area contributed by atoms with Crippen LogP contribution in [0.1, 0.15) is 33.3 Å². The lowest BCUT2D eigenvalue weighted by molar-refractivity contribution is -0.150. The van der Waals surface area contributed by atoms with Gasteiger partial charge in [-0.1, -0.05) is 91.0 Å². The van der Waals surface area contributed by atoms with Crippen molar-refractivity contribution in [3.8, 4) is 0 Å². The molecular weight excluding hydrogens is 468 g/mol. The van der Waals surface area contributed by atoms with Gasteiger partial charge in [0.25, 0.3) is 11.8 Å². The van der Waals surface area contributed by atoms with Crippen molar-refractivity contribution in [2.24, 2.45) is 0 Å². The molecule has 0 saturated carbocycles. The molecule has 0 aliphatic carbocycles. The fourth-order valence-corrected chi connectivity index (χ4v) is 3.94. The highest BCUT2D eigenvalue weighted by atomic mass is 16.5. The summed E-state index contributed by atoms with van der Waals surface area (Å²) in [6.07, 6.45) is 2.16. The van der Waals surface area contributed by atoms with Gasteiger partial charge in [0.2, 0.25) is 0 Å².